The molecule has 56 heavy (non-hydrogen) atoms. The molecule has 0 atom stereocenters. The van der Waals surface area contributed by atoms with E-state index in [1.165, 1.54) is 21.9 Å². The van der Waals surface area contributed by atoms with Crippen LogP contribution in [0.4, 0.5) is 0 Å². The van der Waals surface area contributed by atoms with E-state index in [1.54, 1.807) is 0 Å². The number of fused-ring (bicyclic) bond motifs is 7. The molecule has 0 spiro atoms. The molecular formula is C51H33N5. The number of aromatic nitrogens is 5. The summed E-state index contributed by atoms with van der Waals surface area (Å²) in [5, 5.41) is 4.70. The molecule has 0 aliphatic carbocycles. The topological polar surface area (TPSA) is 48.5 Å². The van der Waals surface area contributed by atoms with Crippen molar-refractivity contribution in [1.29, 1.82) is 0 Å². The molecule has 0 saturated heterocycles. The van der Waals surface area contributed by atoms with Gasteiger partial charge in [0.2, 0.25) is 5.95 Å². The van der Waals surface area contributed by atoms with Crippen LogP contribution in [0.5, 0.6) is 0 Å². The quantitative estimate of drug-likeness (QED) is 0.172. The monoisotopic (exact) mass is 715 g/mol. The third-order valence-electron chi connectivity index (χ3n) is 10.8. The molecule has 0 unspecified atom stereocenters. The summed E-state index contributed by atoms with van der Waals surface area (Å²) in [6.07, 6.45) is 0. The van der Waals surface area contributed by atoms with Crippen molar-refractivity contribution in [3.63, 3.8) is 0 Å². The molecule has 3 heterocycles. The van der Waals surface area contributed by atoms with Crippen molar-refractivity contribution in [2.75, 3.05) is 0 Å². The number of hydrogen-bond donors (Lipinski definition) is 0. The van der Waals surface area contributed by atoms with E-state index in [-0.39, 0.29) is 0 Å². The Morgan fingerprint density at radius 1 is 0.304 bits per heavy atom. The SMILES string of the molecule is c1ccc(-c2ccc(-c3nc(-c4cccc(-c5ccccc5)c4)nc(-n4c5ccccc5c5c4ccc4c6ccccc6n(-c6ccccc6)c45)n3)cc2)cc1. The minimum Gasteiger partial charge on any atom is -0.309 e. The van der Waals surface area contributed by atoms with Crippen molar-refractivity contribution in [2.45, 2.75) is 0 Å². The van der Waals surface area contributed by atoms with Gasteiger partial charge in [0, 0.05) is 38.4 Å². The molecule has 5 heteroatoms. The van der Waals surface area contributed by atoms with Gasteiger partial charge >= 0.3 is 0 Å². The average Bonchev–Trinajstić information content (AvgIpc) is 3.80. The number of para-hydroxylation sites is 3. The van der Waals surface area contributed by atoms with Gasteiger partial charge in [-0.3, -0.25) is 4.57 Å². The van der Waals surface area contributed by atoms with Crippen molar-refractivity contribution < 1.29 is 0 Å². The minimum atomic E-state index is 0.565. The summed E-state index contributed by atoms with van der Waals surface area (Å²) in [6.45, 7) is 0. The molecule has 11 rings (SSSR count). The zero-order valence-corrected chi connectivity index (χ0v) is 30.3. The molecule has 0 fully saturated rings. The lowest BCUT2D eigenvalue weighted by Crippen LogP contribution is -2.06. The van der Waals surface area contributed by atoms with Gasteiger partial charge < -0.3 is 4.57 Å². The van der Waals surface area contributed by atoms with Crippen LogP contribution in [0.2, 0.25) is 0 Å². The lowest BCUT2D eigenvalue weighted by molar-refractivity contribution is 0.953. The van der Waals surface area contributed by atoms with Gasteiger partial charge in [-0.25, -0.2) is 4.98 Å². The van der Waals surface area contributed by atoms with E-state index in [4.69, 9.17) is 15.0 Å². The molecule has 0 N–H and O–H groups in total. The molecule has 0 amide bonds. The Bertz CT molecular complexity index is 3220. The van der Waals surface area contributed by atoms with Crippen LogP contribution < -0.4 is 0 Å². The third kappa shape index (κ3) is 5.21. The van der Waals surface area contributed by atoms with Crippen molar-refractivity contribution in [3.05, 3.63) is 200 Å². The first kappa shape index (κ1) is 31.9. The third-order valence-corrected chi connectivity index (χ3v) is 10.8. The van der Waals surface area contributed by atoms with Gasteiger partial charge in [-0.05, 0) is 58.7 Å². The Morgan fingerprint density at radius 3 is 1.54 bits per heavy atom. The minimum absolute atomic E-state index is 0.565. The first-order valence-corrected chi connectivity index (χ1v) is 18.9. The van der Waals surface area contributed by atoms with Crippen molar-refractivity contribution >= 4 is 43.6 Å². The molecule has 262 valence electrons. The van der Waals surface area contributed by atoms with Crippen LogP contribution >= 0.6 is 0 Å². The molecule has 0 bridgehead atoms. The lowest BCUT2D eigenvalue weighted by atomic mass is 10.0. The lowest BCUT2D eigenvalue weighted by Gasteiger charge is -2.12. The van der Waals surface area contributed by atoms with Gasteiger partial charge in [0.25, 0.3) is 0 Å². The highest BCUT2D eigenvalue weighted by molar-refractivity contribution is 6.26. The van der Waals surface area contributed by atoms with Gasteiger partial charge in [-0.1, -0.05) is 164 Å². The van der Waals surface area contributed by atoms with Crippen LogP contribution in [0.1, 0.15) is 0 Å². The van der Waals surface area contributed by atoms with Crippen LogP contribution in [0, 0.1) is 0 Å². The summed E-state index contributed by atoms with van der Waals surface area (Å²) in [4.78, 5) is 15.8. The number of nitrogens with zero attached hydrogens (tertiary/aromatic N) is 5. The molecule has 5 nitrogen and oxygen atoms in total. The Hall–Kier alpha value is -7.63. The van der Waals surface area contributed by atoms with Gasteiger partial charge in [0.05, 0.1) is 22.1 Å². The molecule has 0 saturated carbocycles. The second-order valence-electron chi connectivity index (χ2n) is 14.1. The summed E-state index contributed by atoms with van der Waals surface area (Å²) in [7, 11) is 0. The van der Waals surface area contributed by atoms with Gasteiger partial charge in [0.15, 0.2) is 11.6 Å². The largest absolute Gasteiger partial charge is 0.309 e. The number of benzene rings is 8. The normalized spacial score (nSPS) is 11.6. The maximum atomic E-state index is 5.31. The van der Waals surface area contributed by atoms with Crippen LogP contribution in [-0.4, -0.2) is 24.1 Å². The highest BCUT2D eigenvalue weighted by atomic mass is 15.2. The van der Waals surface area contributed by atoms with E-state index < -0.39 is 0 Å². The Balaban J connectivity index is 1.19. The molecule has 0 aliphatic rings. The fraction of sp³-hybridized carbons (Fsp3) is 0. The second kappa shape index (κ2) is 13.0. The summed E-state index contributed by atoms with van der Waals surface area (Å²) in [5.74, 6) is 1.79. The fourth-order valence-corrected chi connectivity index (χ4v) is 8.20. The molecule has 11 aromatic rings. The number of rotatable bonds is 6. The molecule has 8 aromatic carbocycles. The molecule has 3 aromatic heterocycles. The average molecular weight is 716 g/mol. The highest BCUT2D eigenvalue weighted by Crippen LogP contribution is 2.42. The molecular weight excluding hydrogens is 683 g/mol. The Kier molecular flexibility index (Phi) is 7.42. The van der Waals surface area contributed by atoms with Crippen molar-refractivity contribution in [3.8, 4) is 56.7 Å². The Labute approximate surface area is 323 Å². The van der Waals surface area contributed by atoms with Gasteiger partial charge in [-0.15, -0.1) is 0 Å². The van der Waals surface area contributed by atoms with Crippen LogP contribution in [-0.2, 0) is 0 Å². The summed E-state index contributed by atoms with van der Waals surface area (Å²) in [5.41, 5.74) is 11.9. The predicted octanol–water partition coefficient (Wildman–Crippen LogP) is 12.7. The smallest absolute Gasteiger partial charge is 0.238 e. The number of hydrogen-bond acceptors (Lipinski definition) is 3. The zero-order chi connectivity index (χ0) is 37.0. The zero-order valence-electron chi connectivity index (χ0n) is 30.3. The maximum Gasteiger partial charge on any atom is 0.238 e. The van der Waals surface area contributed by atoms with Gasteiger partial charge in [0.1, 0.15) is 0 Å². The van der Waals surface area contributed by atoms with Crippen LogP contribution in [0.3, 0.4) is 0 Å². The van der Waals surface area contributed by atoms with Gasteiger partial charge in [-0.2, -0.15) is 9.97 Å². The second-order valence-corrected chi connectivity index (χ2v) is 14.1. The summed E-state index contributed by atoms with van der Waals surface area (Å²) < 4.78 is 4.61. The van der Waals surface area contributed by atoms with E-state index in [1.807, 2.05) is 12.1 Å². The predicted molar refractivity (Wildman–Crippen MR) is 230 cm³/mol. The van der Waals surface area contributed by atoms with Crippen LogP contribution in [0.15, 0.2) is 200 Å². The molecule has 0 radical (unpaired) electrons. The highest BCUT2D eigenvalue weighted by Gasteiger charge is 2.23. The first-order chi connectivity index (χ1) is 27.8. The fourth-order valence-electron chi connectivity index (χ4n) is 8.20. The molecule has 0 aliphatic heterocycles. The van der Waals surface area contributed by atoms with E-state index >= 15 is 0 Å². The van der Waals surface area contributed by atoms with E-state index in [0.29, 0.717) is 17.6 Å². The maximum absolute atomic E-state index is 5.31. The summed E-state index contributed by atoms with van der Waals surface area (Å²) in [6, 6.07) is 70.2. The van der Waals surface area contributed by atoms with Crippen molar-refractivity contribution in [2.24, 2.45) is 0 Å². The van der Waals surface area contributed by atoms with Crippen LogP contribution in [0.25, 0.3) is 100 Å². The van der Waals surface area contributed by atoms with E-state index in [2.05, 4.69) is 197 Å². The summed E-state index contributed by atoms with van der Waals surface area (Å²) >= 11 is 0. The first-order valence-electron chi connectivity index (χ1n) is 18.9. The van der Waals surface area contributed by atoms with Crippen molar-refractivity contribution in [1.82, 2.24) is 24.1 Å². The Morgan fingerprint density at radius 2 is 0.821 bits per heavy atom. The standard InChI is InChI=1S/C51H33N5/c1-4-15-34(16-5-1)36-27-29-37(30-28-36)49-52-50(39-20-14-19-38(33-39)35-17-6-2-7-18-35)54-51(53-49)56-45-26-13-11-24-43(45)47-46(56)32-31-42-41-23-10-12-25-44(41)55(48(42)47)40-21-8-3-9-22-40/h1-33H. The van der Waals surface area contributed by atoms with E-state index in [0.717, 1.165) is 60.8 Å². The van der Waals surface area contributed by atoms with E-state index in [9.17, 15) is 0 Å².